The Morgan fingerprint density at radius 1 is 1.54 bits per heavy atom. The summed E-state index contributed by atoms with van der Waals surface area (Å²) in [5, 5.41) is 2.28. The molecule has 0 aromatic carbocycles. The number of nitrogens with zero attached hydrogens (tertiary/aromatic N) is 1. The summed E-state index contributed by atoms with van der Waals surface area (Å²) in [6.07, 6.45) is 0.524. The van der Waals surface area contributed by atoms with Gasteiger partial charge in [0.2, 0.25) is 0 Å². The van der Waals surface area contributed by atoms with E-state index in [0.717, 1.165) is 0 Å². The zero-order valence-corrected chi connectivity index (χ0v) is 7.91. The van der Waals surface area contributed by atoms with Crippen LogP contribution in [0.4, 0.5) is 4.79 Å². The fourth-order valence-electron chi connectivity index (χ4n) is 1.54. The molecule has 1 atom stereocenters. The first-order valence-corrected chi connectivity index (χ1v) is 4.41. The lowest BCUT2D eigenvalue weighted by molar-refractivity contribution is -0.121. The lowest BCUT2D eigenvalue weighted by atomic mass is 10.1. The molecular formula is C8H15N3O2. The summed E-state index contributed by atoms with van der Waals surface area (Å²) < 4.78 is 0. The second-order valence-electron chi connectivity index (χ2n) is 3.39. The highest BCUT2D eigenvalue weighted by atomic mass is 16.2. The average Bonchev–Trinajstić information content (AvgIpc) is 2.27. The Labute approximate surface area is 77.3 Å². The standard InChI is InChI=1S/C8H15N3O2/c1-5(2)11-6(3-4-9)7(12)10-8(11)13/h5-6H,3-4,9H2,1-2H3,(H,10,12,13). The molecule has 1 fully saturated rings. The lowest BCUT2D eigenvalue weighted by Crippen LogP contribution is -2.41. The molecule has 0 bridgehead atoms. The minimum absolute atomic E-state index is 0.0306. The van der Waals surface area contributed by atoms with Gasteiger partial charge in [-0.3, -0.25) is 10.1 Å². The fraction of sp³-hybridized carbons (Fsp3) is 0.750. The van der Waals surface area contributed by atoms with Crippen LogP contribution in [0.15, 0.2) is 0 Å². The SMILES string of the molecule is CC(C)N1C(=O)NC(=O)C1CCN. The molecule has 5 heteroatoms. The third-order valence-corrected chi connectivity index (χ3v) is 2.10. The number of nitrogens with two attached hydrogens (primary N) is 1. The largest absolute Gasteiger partial charge is 0.330 e. The molecule has 1 rings (SSSR count). The maximum absolute atomic E-state index is 11.3. The maximum atomic E-state index is 11.3. The van der Waals surface area contributed by atoms with Crippen molar-refractivity contribution in [1.82, 2.24) is 10.2 Å². The van der Waals surface area contributed by atoms with E-state index in [-0.39, 0.29) is 24.0 Å². The molecule has 0 radical (unpaired) electrons. The van der Waals surface area contributed by atoms with Crippen LogP contribution in [0.1, 0.15) is 20.3 Å². The molecule has 13 heavy (non-hydrogen) atoms. The first-order chi connectivity index (χ1) is 6.07. The van der Waals surface area contributed by atoms with Gasteiger partial charge in [-0.1, -0.05) is 0 Å². The van der Waals surface area contributed by atoms with Gasteiger partial charge >= 0.3 is 6.03 Å². The quantitative estimate of drug-likeness (QED) is 0.591. The second kappa shape index (κ2) is 3.74. The van der Waals surface area contributed by atoms with Crippen molar-refractivity contribution in [2.75, 3.05) is 6.54 Å². The summed E-state index contributed by atoms with van der Waals surface area (Å²) in [6.45, 7) is 4.16. The van der Waals surface area contributed by atoms with Gasteiger partial charge in [0.1, 0.15) is 6.04 Å². The van der Waals surface area contributed by atoms with Gasteiger partial charge in [0.15, 0.2) is 0 Å². The molecule has 1 aliphatic rings. The topological polar surface area (TPSA) is 75.4 Å². The molecule has 1 aliphatic heterocycles. The number of imide groups is 1. The van der Waals surface area contributed by atoms with Crippen LogP contribution in [0, 0.1) is 0 Å². The Balaban J connectivity index is 2.77. The molecule has 0 spiro atoms. The summed E-state index contributed by atoms with van der Waals surface area (Å²) in [4.78, 5) is 24.1. The maximum Gasteiger partial charge on any atom is 0.325 e. The first kappa shape index (κ1) is 9.98. The molecule has 1 unspecified atom stereocenters. The number of carbonyl (C=O) groups excluding carboxylic acids is 2. The van der Waals surface area contributed by atoms with Crippen molar-refractivity contribution in [2.45, 2.75) is 32.4 Å². The van der Waals surface area contributed by atoms with Gasteiger partial charge in [-0.2, -0.15) is 0 Å². The normalized spacial score (nSPS) is 22.8. The van der Waals surface area contributed by atoms with E-state index < -0.39 is 0 Å². The van der Waals surface area contributed by atoms with Crippen LogP contribution in [-0.2, 0) is 4.79 Å². The van der Waals surface area contributed by atoms with E-state index in [1.54, 1.807) is 0 Å². The van der Waals surface area contributed by atoms with Gasteiger partial charge in [-0.15, -0.1) is 0 Å². The Morgan fingerprint density at radius 2 is 2.15 bits per heavy atom. The van der Waals surface area contributed by atoms with Crippen molar-refractivity contribution in [2.24, 2.45) is 5.73 Å². The third kappa shape index (κ3) is 1.80. The molecule has 0 saturated carbocycles. The lowest BCUT2D eigenvalue weighted by Gasteiger charge is -2.24. The molecule has 0 aromatic heterocycles. The molecular weight excluding hydrogens is 170 g/mol. The van der Waals surface area contributed by atoms with E-state index in [9.17, 15) is 9.59 Å². The zero-order chi connectivity index (χ0) is 10.0. The van der Waals surface area contributed by atoms with E-state index in [2.05, 4.69) is 5.32 Å². The number of urea groups is 1. The predicted molar refractivity (Wildman–Crippen MR) is 48.0 cm³/mol. The Kier molecular flexibility index (Phi) is 2.87. The van der Waals surface area contributed by atoms with Crippen LogP contribution < -0.4 is 11.1 Å². The summed E-state index contributed by atoms with van der Waals surface area (Å²) in [6, 6.07) is -0.654. The number of carbonyl (C=O) groups is 2. The van der Waals surface area contributed by atoms with Gasteiger partial charge < -0.3 is 10.6 Å². The summed E-state index contributed by atoms with van der Waals surface area (Å²) >= 11 is 0. The number of amides is 3. The van der Waals surface area contributed by atoms with E-state index >= 15 is 0 Å². The van der Waals surface area contributed by atoms with E-state index in [0.29, 0.717) is 13.0 Å². The molecule has 3 N–H and O–H groups in total. The smallest absolute Gasteiger partial charge is 0.325 e. The summed E-state index contributed by atoms with van der Waals surface area (Å²) in [7, 11) is 0. The van der Waals surface area contributed by atoms with Crippen LogP contribution in [-0.4, -0.2) is 35.5 Å². The van der Waals surface area contributed by atoms with Crippen molar-refractivity contribution in [3.63, 3.8) is 0 Å². The van der Waals surface area contributed by atoms with Crippen LogP contribution in [0.5, 0.6) is 0 Å². The highest BCUT2D eigenvalue weighted by Gasteiger charge is 2.38. The molecule has 1 heterocycles. The van der Waals surface area contributed by atoms with Crippen molar-refractivity contribution in [3.05, 3.63) is 0 Å². The van der Waals surface area contributed by atoms with Crippen LogP contribution in [0.3, 0.4) is 0 Å². The van der Waals surface area contributed by atoms with Crippen LogP contribution in [0.2, 0.25) is 0 Å². The van der Waals surface area contributed by atoms with Gasteiger partial charge in [0.05, 0.1) is 0 Å². The third-order valence-electron chi connectivity index (χ3n) is 2.10. The monoisotopic (exact) mass is 185 g/mol. The predicted octanol–water partition coefficient (Wildman–Crippen LogP) is -0.336. The van der Waals surface area contributed by atoms with E-state index in [1.165, 1.54) is 4.90 Å². The van der Waals surface area contributed by atoms with Gasteiger partial charge in [-0.05, 0) is 26.8 Å². The van der Waals surface area contributed by atoms with Crippen LogP contribution >= 0.6 is 0 Å². The number of rotatable bonds is 3. The summed E-state index contributed by atoms with van der Waals surface area (Å²) in [5.41, 5.74) is 5.36. The Morgan fingerprint density at radius 3 is 2.62 bits per heavy atom. The van der Waals surface area contributed by atoms with Crippen molar-refractivity contribution in [1.29, 1.82) is 0 Å². The fourth-order valence-corrected chi connectivity index (χ4v) is 1.54. The van der Waals surface area contributed by atoms with Crippen LogP contribution in [0.25, 0.3) is 0 Å². The van der Waals surface area contributed by atoms with Gasteiger partial charge in [0, 0.05) is 6.04 Å². The van der Waals surface area contributed by atoms with Gasteiger partial charge in [-0.25, -0.2) is 4.79 Å². The Hall–Kier alpha value is -1.10. The number of hydrogen-bond acceptors (Lipinski definition) is 3. The van der Waals surface area contributed by atoms with Gasteiger partial charge in [0.25, 0.3) is 5.91 Å². The van der Waals surface area contributed by atoms with Crippen molar-refractivity contribution < 1.29 is 9.59 Å². The molecule has 5 nitrogen and oxygen atoms in total. The first-order valence-electron chi connectivity index (χ1n) is 4.41. The number of nitrogens with one attached hydrogen (secondary N) is 1. The van der Waals surface area contributed by atoms with Crippen molar-refractivity contribution in [3.8, 4) is 0 Å². The average molecular weight is 185 g/mol. The molecule has 3 amide bonds. The highest BCUT2D eigenvalue weighted by molar-refractivity contribution is 6.04. The Bertz CT molecular complexity index is 227. The number of hydrogen-bond donors (Lipinski definition) is 2. The molecule has 74 valence electrons. The zero-order valence-electron chi connectivity index (χ0n) is 7.91. The van der Waals surface area contributed by atoms with Crippen molar-refractivity contribution >= 4 is 11.9 Å². The molecule has 1 saturated heterocycles. The molecule has 0 aromatic rings. The molecule has 0 aliphatic carbocycles. The highest BCUT2D eigenvalue weighted by Crippen LogP contribution is 2.14. The van der Waals surface area contributed by atoms with E-state index in [1.807, 2.05) is 13.8 Å². The van der Waals surface area contributed by atoms with E-state index in [4.69, 9.17) is 5.73 Å². The summed E-state index contributed by atoms with van der Waals surface area (Å²) in [5.74, 6) is -0.232. The minimum Gasteiger partial charge on any atom is -0.330 e. The minimum atomic E-state index is -0.377. The second-order valence-corrected chi connectivity index (χ2v) is 3.39.